The minimum absolute atomic E-state index is 0.0655. The van der Waals surface area contributed by atoms with E-state index in [9.17, 15) is 14.4 Å². The molecule has 0 aromatic heterocycles. The molecule has 0 spiro atoms. The number of halogens is 2. The van der Waals surface area contributed by atoms with E-state index in [0.717, 1.165) is 16.0 Å². The first-order chi connectivity index (χ1) is 15.1. The van der Waals surface area contributed by atoms with Gasteiger partial charge in [0.25, 0.3) is 0 Å². The van der Waals surface area contributed by atoms with E-state index in [2.05, 4.69) is 0 Å². The summed E-state index contributed by atoms with van der Waals surface area (Å²) >= 11 is 12.4. The Hall–Kier alpha value is -2.63. The Balaban J connectivity index is 1.68. The van der Waals surface area contributed by atoms with Crippen molar-refractivity contribution in [2.45, 2.75) is 32.9 Å². The Morgan fingerprint density at radius 3 is 2.34 bits per heavy atom. The first-order valence-electron chi connectivity index (χ1n) is 10.5. The number of hydrogen-bond acceptors (Lipinski definition) is 4. The Kier molecular flexibility index (Phi) is 4.77. The molecule has 5 rings (SSSR count). The van der Waals surface area contributed by atoms with Crippen LogP contribution < -0.4 is 4.90 Å². The number of hydrogen-bond donors (Lipinski definition) is 0. The number of Topliss-reactive ketones (excluding diaryl/α,β-unsaturated/α-hetero) is 1. The van der Waals surface area contributed by atoms with Gasteiger partial charge in [0.1, 0.15) is 6.04 Å². The third kappa shape index (κ3) is 2.95. The molecule has 0 bridgehead atoms. The number of carbonyl (C=O) groups excluding carboxylic acids is 3. The van der Waals surface area contributed by atoms with E-state index in [0.29, 0.717) is 10.7 Å². The highest BCUT2D eigenvalue weighted by Crippen LogP contribution is 2.54. The molecule has 0 aliphatic carbocycles. The topological polar surface area (TPSA) is 57.7 Å². The minimum Gasteiger partial charge on any atom is -0.359 e. The summed E-state index contributed by atoms with van der Waals surface area (Å²) in [5.41, 5.74) is 1.55. The normalized spacial score (nSPS) is 26.3. The monoisotopic (exact) mass is 468 g/mol. The van der Waals surface area contributed by atoms with Crippen LogP contribution in [0.3, 0.4) is 0 Å². The number of imide groups is 1. The lowest BCUT2D eigenvalue weighted by Crippen LogP contribution is -2.47. The molecule has 7 heteroatoms. The molecule has 3 heterocycles. The summed E-state index contributed by atoms with van der Waals surface area (Å²) in [5, 5.41) is 0.634. The summed E-state index contributed by atoms with van der Waals surface area (Å²) in [6.45, 7) is 5.52. The van der Waals surface area contributed by atoms with Gasteiger partial charge in [0.05, 0.1) is 28.6 Å². The molecule has 2 saturated heterocycles. The van der Waals surface area contributed by atoms with Crippen molar-refractivity contribution in [3.63, 3.8) is 0 Å². The summed E-state index contributed by atoms with van der Waals surface area (Å²) in [7, 11) is 0. The fourth-order valence-corrected chi connectivity index (χ4v) is 5.69. The largest absolute Gasteiger partial charge is 0.359 e. The zero-order chi connectivity index (χ0) is 22.9. The van der Waals surface area contributed by atoms with Gasteiger partial charge in [0.2, 0.25) is 11.8 Å². The molecule has 0 saturated carbocycles. The van der Waals surface area contributed by atoms with Crippen molar-refractivity contribution >= 4 is 52.6 Å². The number of carbonyl (C=O) groups is 3. The second kappa shape index (κ2) is 7.19. The van der Waals surface area contributed by atoms with Crippen molar-refractivity contribution in [2.24, 2.45) is 17.3 Å². The zero-order valence-corrected chi connectivity index (χ0v) is 19.4. The highest BCUT2D eigenvalue weighted by Gasteiger charge is 2.65. The van der Waals surface area contributed by atoms with Crippen LogP contribution in [0.15, 0.2) is 48.7 Å². The van der Waals surface area contributed by atoms with Gasteiger partial charge in [0, 0.05) is 16.6 Å². The van der Waals surface area contributed by atoms with Crippen LogP contribution in [0.5, 0.6) is 0 Å². The Morgan fingerprint density at radius 1 is 0.969 bits per heavy atom. The van der Waals surface area contributed by atoms with Gasteiger partial charge in [-0.1, -0.05) is 68.2 Å². The highest BCUT2D eigenvalue weighted by molar-refractivity contribution is 6.38. The lowest BCUT2D eigenvalue weighted by molar-refractivity contribution is -0.135. The maximum Gasteiger partial charge on any atom is 0.240 e. The second-order valence-corrected chi connectivity index (χ2v) is 10.4. The third-order valence-electron chi connectivity index (χ3n) is 6.62. The van der Waals surface area contributed by atoms with Gasteiger partial charge in [-0.2, -0.15) is 0 Å². The second-order valence-electron chi connectivity index (χ2n) is 9.55. The van der Waals surface area contributed by atoms with Crippen LogP contribution >= 0.6 is 23.2 Å². The number of anilines is 1. The maximum atomic E-state index is 13.8. The molecule has 0 radical (unpaired) electrons. The van der Waals surface area contributed by atoms with Gasteiger partial charge in [-0.15, -0.1) is 0 Å². The van der Waals surface area contributed by atoms with E-state index in [1.54, 1.807) is 12.1 Å². The predicted molar refractivity (Wildman–Crippen MR) is 124 cm³/mol. The molecule has 32 heavy (non-hydrogen) atoms. The number of benzene rings is 2. The van der Waals surface area contributed by atoms with Crippen LogP contribution in [-0.4, -0.2) is 28.5 Å². The van der Waals surface area contributed by atoms with E-state index in [1.165, 1.54) is 6.07 Å². The van der Waals surface area contributed by atoms with E-state index in [-0.39, 0.29) is 16.7 Å². The molecule has 2 aromatic rings. The molecule has 4 atom stereocenters. The number of nitrogens with zero attached hydrogens (tertiary/aromatic N) is 2. The van der Waals surface area contributed by atoms with Crippen molar-refractivity contribution in [1.29, 1.82) is 0 Å². The molecule has 2 amide bonds. The van der Waals surface area contributed by atoms with Crippen LogP contribution in [0.2, 0.25) is 10.0 Å². The first kappa shape index (κ1) is 21.2. The maximum absolute atomic E-state index is 13.8. The Bertz CT molecular complexity index is 1200. The summed E-state index contributed by atoms with van der Waals surface area (Å²) < 4.78 is 0. The minimum atomic E-state index is -0.790. The molecule has 2 aromatic carbocycles. The molecule has 164 valence electrons. The molecule has 3 aliphatic rings. The van der Waals surface area contributed by atoms with Gasteiger partial charge in [-0.05, 0) is 35.4 Å². The highest BCUT2D eigenvalue weighted by atomic mass is 35.5. The van der Waals surface area contributed by atoms with Crippen LogP contribution in [0, 0.1) is 17.3 Å². The average molecular weight is 469 g/mol. The Morgan fingerprint density at radius 2 is 1.66 bits per heavy atom. The smallest absolute Gasteiger partial charge is 0.240 e. The van der Waals surface area contributed by atoms with E-state index in [1.807, 2.05) is 62.2 Å². The number of fused-ring (bicyclic) bond motifs is 5. The first-order valence-corrected chi connectivity index (χ1v) is 11.3. The molecule has 2 fully saturated rings. The molecule has 5 nitrogen and oxygen atoms in total. The standard InChI is InChI=1S/C25H22Cl2N2O3/c1-25(2,3)22(30)21-19-18(20-15-7-5-4-6-13(15)10-11-28(20)21)23(31)29(24(19)32)17-9-8-14(26)12-16(17)27/h4-12,18-21H,1-3H3/t18-,19+,20+,21+/m0/s1. The quantitative estimate of drug-likeness (QED) is 0.573. The Labute approximate surface area is 196 Å². The molecule has 0 N–H and O–H groups in total. The van der Waals surface area contributed by atoms with Gasteiger partial charge < -0.3 is 4.90 Å². The van der Waals surface area contributed by atoms with Crippen molar-refractivity contribution < 1.29 is 14.4 Å². The van der Waals surface area contributed by atoms with E-state index in [4.69, 9.17) is 23.2 Å². The predicted octanol–water partition coefficient (Wildman–Crippen LogP) is 5.12. The molecular weight excluding hydrogens is 447 g/mol. The van der Waals surface area contributed by atoms with Crippen molar-refractivity contribution in [2.75, 3.05) is 4.90 Å². The summed E-state index contributed by atoms with van der Waals surface area (Å²) in [5.74, 6) is -2.27. The summed E-state index contributed by atoms with van der Waals surface area (Å²) in [4.78, 5) is 44.2. The van der Waals surface area contributed by atoms with Crippen LogP contribution in [0.25, 0.3) is 6.08 Å². The number of ketones is 1. The van der Waals surface area contributed by atoms with Gasteiger partial charge in [-0.25, -0.2) is 4.90 Å². The van der Waals surface area contributed by atoms with Gasteiger partial charge in [0.15, 0.2) is 5.78 Å². The van der Waals surface area contributed by atoms with E-state index >= 15 is 0 Å². The lowest BCUT2D eigenvalue weighted by Gasteiger charge is -2.37. The van der Waals surface area contributed by atoms with Crippen molar-refractivity contribution in [3.05, 3.63) is 69.8 Å². The molecule has 3 aliphatic heterocycles. The van der Waals surface area contributed by atoms with E-state index < -0.39 is 35.2 Å². The zero-order valence-electron chi connectivity index (χ0n) is 17.9. The lowest BCUT2D eigenvalue weighted by atomic mass is 9.79. The summed E-state index contributed by atoms with van der Waals surface area (Å²) in [6, 6.07) is 11.3. The fraction of sp³-hybridized carbons (Fsp3) is 0.320. The van der Waals surface area contributed by atoms with Crippen LogP contribution in [0.4, 0.5) is 5.69 Å². The van der Waals surface area contributed by atoms with Gasteiger partial charge in [-0.3, -0.25) is 14.4 Å². The average Bonchev–Trinajstić information content (AvgIpc) is 3.20. The SMILES string of the molecule is CC(C)(C)C(=O)[C@H]1[C@@H]2C(=O)N(c3ccc(Cl)cc3Cl)C(=O)[C@@H]2[C@H]2c3ccccc3C=CN21. The molecular formula is C25H22Cl2N2O3. The van der Waals surface area contributed by atoms with Crippen LogP contribution in [-0.2, 0) is 14.4 Å². The fourth-order valence-electron chi connectivity index (χ4n) is 5.20. The number of amides is 2. The van der Waals surface area contributed by atoms with Gasteiger partial charge >= 0.3 is 0 Å². The third-order valence-corrected chi connectivity index (χ3v) is 7.16. The number of rotatable bonds is 2. The summed E-state index contributed by atoms with van der Waals surface area (Å²) in [6.07, 6.45) is 3.80. The molecule has 0 unspecified atom stereocenters. The van der Waals surface area contributed by atoms with Crippen LogP contribution in [0.1, 0.15) is 37.9 Å². The van der Waals surface area contributed by atoms with Crippen molar-refractivity contribution in [1.82, 2.24) is 4.90 Å². The van der Waals surface area contributed by atoms with Crippen molar-refractivity contribution in [3.8, 4) is 0 Å².